The fourth-order valence-electron chi connectivity index (χ4n) is 3.76. The lowest BCUT2D eigenvalue weighted by molar-refractivity contribution is -0.763. The SMILES string of the molecule is Cc1c(OC2CCN(C(=O)OC(C)C)CC2)ncnc1OC1CC[NH+](SCC(F)(F)F)CC1. The lowest BCUT2D eigenvalue weighted by Crippen LogP contribution is -3.07. The van der Waals surface area contributed by atoms with Gasteiger partial charge in [0.1, 0.15) is 24.3 Å². The normalized spacial score (nSPS) is 22.3. The number of aromatic nitrogens is 2. The van der Waals surface area contributed by atoms with E-state index in [0.29, 0.717) is 69.2 Å². The molecule has 2 aliphatic rings. The molecule has 0 aromatic carbocycles. The molecule has 1 amide bonds. The van der Waals surface area contributed by atoms with Crippen molar-refractivity contribution in [1.82, 2.24) is 14.9 Å². The summed E-state index contributed by atoms with van der Waals surface area (Å²) in [5.74, 6) is 0.0542. The largest absolute Gasteiger partial charge is 0.474 e. The van der Waals surface area contributed by atoms with Crippen LogP contribution < -0.4 is 13.8 Å². The number of carbonyl (C=O) groups is 1. The Balaban J connectivity index is 1.47. The highest BCUT2D eigenvalue weighted by atomic mass is 32.2. The number of hydrogen-bond acceptors (Lipinski definition) is 7. The number of amides is 1. The van der Waals surface area contributed by atoms with Crippen LogP contribution in [0, 0.1) is 6.92 Å². The van der Waals surface area contributed by atoms with Gasteiger partial charge in [-0.25, -0.2) is 14.8 Å². The van der Waals surface area contributed by atoms with Gasteiger partial charge in [-0.05, 0) is 20.8 Å². The molecule has 2 saturated heterocycles. The van der Waals surface area contributed by atoms with Crippen LogP contribution in [0.3, 0.4) is 0 Å². The summed E-state index contributed by atoms with van der Waals surface area (Å²) in [6, 6.07) is 0. The van der Waals surface area contributed by atoms with Gasteiger partial charge in [-0.3, -0.25) is 4.31 Å². The molecule has 12 heteroatoms. The number of hydrogen-bond donors (Lipinski definition) is 1. The second kappa shape index (κ2) is 11.5. The number of rotatable bonds is 7. The van der Waals surface area contributed by atoms with Crippen molar-refractivity contribution in [3.8, 4) is 11.8 Å². The van der Waals surface area contributed by atoms with Crippen LogP contribution >= 0.6 is 11.9 Å². The first kappa shape index (κ1) is 25.7. The molecule has 1 aromatic heterocycles. The van der Waals surface area contributed by atoms with E-state index >= 15 is 0 Å². The molecule has 0 bridgehead atoms. The smallest absolute Gasteiger partial charge is 0.410 e. The minimum Gasteiger partial charge on any atom is -0.474 e. The summed E-state index contributed by atoms with van der Waals surface area (Å²) in [6.45, 7) is 7.80. The predicted octanol–water partition coefficient (Wildman–Crippen LogP) is 2.81. The molecule has 1 aromatic rings. The van der Waals surface area contributed by atoms with Gasteiger partial charge in [0.05, 0.1) is 36.7 Å². The van der Waals surface area contributed by atoms with Crippen LogP contribution in [0.15, 0.2) is 6.33 Å². The zero-order valence-corrected chi connectivity index (χ0v) is 20.0. The van der Waals surface area contributed by atoms with Gasteiger partial charge in [0, 0.05) is 38.8 Å². The van der Waals surface area contributed by atoms with Crippen LogP contribution in [0.4, 0.5) is 18.0 Å². The van der Waals surface area contributed by atoms with Gasteiger partial charge in [-0.2, -0.15) is 13.2 Å². The lowest BCUT2D eigenvalue weighted by Gasteiger charge is -2.32. The van der Waals surface area contributed by atoms with Crippen LogP contribution in [0.2, 0.25) is 0 Å². The summed E-state index contributed by atoms with van der Waals surface area (Å²) in [6.07, 6.45) is -0.727. The van der Waals surface area contributed by atoms with Crippen LogP contribution in [0.5, 0.6) is 11.8 Å². The molecule has 0 unspecified atom stereocenters. The Kier molecular flexibility index (Phi) is 8.91. The molecule has 0 radical (unpaired) electrons. The van der Waals surface area contributed by atoms with E-state index in [1.807, 2.05) is 20.8 Å². The molecular formula is C21H32F3N4O4S+. The topological polar surface area (TPSA) is 78.2 Å². The average Bonchev–Trinajstić information content (AvgIpc) is 2.75. The number of alkyl halides is 3. The number of nitrogens with one attached hydrogen (secondary N) is 1. The van der Waals surface area contributed by atoms with Crippen molar-refractivity contribution in [2.45, 2.75) is 70.9 Å². The minimum atomic E-state index is -4.15. The Hall–Kier alpha value is -1.95. The van der Waals surface area contributed by atoms with E-state index in [4.69, 9.17) is 14.2 Å². The van der Waals surface area contributed by atoms with Crippen molar-refractivity contribution in [3.05, 3.63) is 11.9 Å². The van der Waals surface area contributed by atoms with Crippen molar-refractivity contribution in [2.75, 3.05) is 31.9 Å². The van der Waals surface area contributed by atoms with Gasteiger partial charge in [0.25, 0.3) is 0 Å². The molecular weight excluding hydrogens is 461 g/mol. The Morgan fingerprint density at radius 1 is 1.12 bits per heavy atom. The minimum absolute atomic E-state index is 0.0768. The molecule has 2 fully saturated rings. The van der Waals surface area contributed by atoms with E-state index in [-0.39, 0.29) is 24.4 Å². The molecule has 2 aliphatic heterocycles. The second-order valence-electron chi connectivity index (χ2n) is 8.61. The Morgan fingerprint density at radius 2 is 1.67 bits per heavy atom. The zero-order chi connectivity index (χ0) is 24.0. The number of piperidine rings is 2. The van der Waals surface area contributed by atoms with Crippen molar-refractivity contribution in [2.24, 2.45) is 0 Å². The van der Waals surface area contributed by atoms with Crippen molar-refractivity contribution in [3.63, 3.8) is 0 Å². The van der Waals surface area contributed by atoms with E-state index in [0.717, 1.165) is 16.3 Å². The van der Waals surface area contributed by atoms with Crippen molar-refractivity contribution >= 4 is 18.0 Å². The molecule has 0 spiro atoms. The van der Waals surface area contributed by atoms with Crippen LogP contribution in [0.1, 0.15) is 45.1 Å². The molecule has 3 heterocycles. The maximum absolute atomic E-state index is 12.4. The molecule has 0 saturated carbocycles. The van der Waals surface area contributed by atoms with E-state index in [1.54, 1.807) is 4.90 Å². The van der Waals surface area contributed by atoms with Crippen molar-refractivity contribution < 1.29 is 36.5 Å². The Bertz CT molecular complexity index is 783. The molecule has 0 atom stereocenters. The summed E-state index contributed by atoms with van der Waals surface area (Å²) in [4.78, 5) is 22.2. The summed E-state index contributed by atoms with van der Waals surface area (Å²) in [7, 11) is 0. The number of nitrogens with zero attached hydrogens (tertiary/aromatic N) is 3. The summed E-state index contributed by atoms with van der Waals surface area (Å²) in [5, 5.41) is 0. The number of likely N-dealkylation sites (tertiary alicyclic amines) is 1. The first-order valence-electron chi connectivity index (χ1n) is 11.3. The second-order valence-corrected chi connectivity index (χ2v) is 9.76. The third-order valence-corrected chi connectivity index (χ3v) is 6.80. The Morgan fingerprint density at radius 3 is 2.18 bits per heavy atom. The van der Waals surface area contributed by atoms with Crippen LogP contribution in [-0.4, -0.2) is 77.4 Å². The quantitative estimate of drug-likeness (QED) is 0.586. The Labute approximate surface area is 196 Å². The van der Waals surface area contributed by atoms with Crippen LogP contribution in [-0.2, 0) is 4.74 Å². The highest BCUT2D eigenvalue weighted by Gasteiger charge is 2.33. The van der Waals surface area contributed by atoms with Crippen LogP contribution in [0.25, 0.3) is 0 Å². The van der Waals surface area contributed by atoms with E-state index < -0.39 is 11.9 Å². The van der Waals surface area contributed by atoms with Gasteiger partial charge in [-0.1, -0.05) is 0 Å². The first-order valence-corrected chi connectivity index (χ1v) is 12.2. The molecule has 3 rings (SSSR count). The van der Waals surface area contributed by atoms with E-state index in [1.165, 1.54) is 6.33 Å². The lowest BCUT2D eigenvalue weighted by atomic mass is 10.1. The highest BCUT2D eigenvalue weighted by Crippen LogP contribution is 2.27. The number of quaternary nitrogens is 1. The average molecular weight is 494 g/mol. The fourth-order valence-corrected chi connectivity index (χ4v) is 4.66. The zero-order valence-electron chi connectivity index (χ0n) is 19.2. The molecule has 33 heavy (non-hydrogen) atoms. The third-order valence-electron chi connectivity index (χ3n) is 5.52. The van der Waals surface area contributed by atoms with Crippen molar-refractivity contribution in [1.29, 1.82) is 0 Å². The summed E-state index contributed by atoms with van der Waals surface area (Å²) >= 11 is 0.900. The first-order chi connectivity index (χ1) is 15.6. The third kappa shape index (κ3) is 8.09. The van der Waals surface area contributed by atoms with Gasteiger partial charge in [0.2, 0.25) is 11.8 Å². The maximum Gasteiger partial charge on any atom is 0.410 e. The molecule has 8 nitrogen and oxygen atoms in total. The van der Waals surface area contributed by atoms with Gasteiger partial charge in [0.15, 0.2) is 0 Å². The summed E-state index contributed by atoms with van der Waals surface area (Å²) in [5.41, 5.74) is 0.695. The standard InChI is InChI=1S/C21H31F3N4O4S/c1-14(2)30-20(29)27-8-4-16(5-9-27)31-18-15(3)19(26-13-25-18)32-17-6-10-28(11-7-17)33-12-21(22,23)24/h13-14,16-17H,4-12H2,1-3H3/p+1. The maximum atomic E-state index is 12.4. The molecule has 1 N–H and O–H groups in total. The number of carbonyl (C=O) groups excluding carboxylic acids is 1. The van der Waals surface area contributed by atoms with Gasteiger partial charge in [-0.15, -0.1) is 0 Å². The number of halogens is 3. The monoisotopic (exact) mass is 493 g/mol. The fraction of sp³-hybridized carbons (Fsp3) is 0.762. The van der Waals surface area contributed by atoms with E-state index in [2.05, 4.69) is 9.97 Å². The summed E-state index contributed by atoms with van der Waals surface area (Å²) < 4.78 is 55.5. The van der Waals surface area contributed by atoms with Gasteiger partial charge >= 0.3 is 12.3 Å². The molecule has 0 aliphatic carbocycles. The van der Waals surface area contributed by atoms with Gasteiger partial charge < -0.3 is 19.1 Å². The predicted molar refractivity (Wildman–Crippen MR) is 116 cm³/mol. The number of ether oxygens (including phenoxy) is 3. The van der Waals surface area contributed by atoms with E-state index in [9.17, 15) is 18.0 Å². The molecule has 186 valence electrons. The highest BCUT2D eigenvalue weighted by molar-refractivity contribution is 7.93.